The third-order valence-electron chi connectivity index (χ3n) is 11.5. The van der Waals surface area contributed by atoms with E-state index in [1.165, 1.54) is 6.20 Å². The molecule has 338 valence electrons. The number of amides is 2. The van der Waals surface area contributed by atoms with Crippen molar-refractivity contribution in [1.29, 1.82) is 0 Å². The minimum atomic E-state index is -3.38. The number of nitrogens with zero attached hydrogens (tertiary/aromatic N) is 6. The van der Waals surface area contributed by atoms with E-state index in [1.807, 2.05) is 13.8 Å². The average Bonchev–Trinajstić information content (AvgIpc) is 4.15. The molecular formula is C45H58N8O8S2. The van der Waals surface area contributed by atoms with E-state index in [4.69, 9.17) is 9.47 Å². The first kappa shape index (κ1) is 45.5. The molecule has 2 amide bonds. The lowest BCUT2D eigenvalue weighted by molar-refractivity contribution is 0.0277. The number of sulfone groups is 2. The number of carbonyl (C=O) groups is 2. The quantitative estimate of drug-likeness (QED) is 0.168. The van der Waals surface area contributed by atoms with Crippen LogP contribution < -0.4 is 10.6 Å². The summed E-state index contributed by atoms with van der Waals surface area (Å²) in [6.45, 7) is 8.58. The number of ether oxygens (including phenoxy) is 2. The highest BCUT2D eigenvalue weighted by Crippen LogP contribution is 2.28. The van der Waals surface area contributed by atoms with E-state index in [0.29, 0.717) is 71.7 Å². The Balaban J connectivity index is 0.000000234. The Morgan fingerprint density at radius 1 is 0.651 bits per heavy atom. The molecule has 63 heavy (non-hydrogen) atoms. The molecule has 3 saturated heterocycles. The second kappa shape index (κ2) is 20.8. The fourth-order valence-electron chi connectivity index (χ4n) is 7.89. The fraction of sp³-hybridized carbons (Fsp3) is 0.400. The van der Waals surface area contributed by atoms with Crippen LogP contribution in [0.25, 0.3) is 11.4 Å². The standard InChI is InChI=1S/C24H29N5O4S.C19H19N3O4S.C2H6.2H2/c30-23(19-16-27-24-25-9-12-29(24)17-19)26-15-18-1-3-21(4-2-18)34(31,32)22-5-10-28(11-6-22)20-7-13-33-14-8-20;23-19(15-3-6-18-20-8-9-22(18)12-15)21-11-14-1-4-16(5-2-14)27(24,25)17-7-10-26-13-17;1-2;;/h1-4,9,12,16-17,20,22H,5-8,10-11,13-15H2,(H,26,30);1-6,8-9,12,17H,7,10-11,13H2,(H,21,23);1-2H3;2*1H/t;17-;;;/m.0.../s1. The number of likely N-dealkylation sites (tertiary alicyclic amines) is 1. The van der Waals surface area contributed by atoms with E-state index in [2.05, 4.69) is 30.5 Å². The zero-order chi connectivity index (χ0) is 44.4. The Labute approximate surface area is 370 Å². The van der Waals surface area contributed by atoms with Crippen molar-refractivity contribution < 1.29 is 38.8 Å². The summed E-state index contributed by atoms with van der Waals surface area (Å²) in [5.41, 5.74) is 3.39. The van der Waals surface area contributed by atoms with Crippen LogP contribution in [0, 0.1) is 0 Å². The molecule has 0 unspecified atom stereocenters. The Kier molecular flexibility index (Phi) is 15.0. The van der Waals surface area contributed by atoms with Gasteiger partial charge in [-0.05, 0) is 92.7 Å². The van der Waals surface area contributed by atoms with Gasteiger partial charge in [0, 0.05) is 85.2 Å². The largest absolute Gasteiger partial charge is 0.381 e. The summed E-state index contributed by atoms with van der Waals surface area (Å²) in [6, 6.07) is 17.5. The van der Waals surface area contributed by atoms with Crippen molar-refractivity contribution in [3.05, 3.63) is 126 Å². The van der Waals surface area contributed by atoms with Crippen molar-refractivity contribution in [2.75, 3.05) is 39.5 Å². The number of pyridine rings is 1. The smallest absolute Gasteiger partial charge is 0.254 e. The summed E-state index contributed by atoms with van der Waals surface area (Å²) in [4.78, 5) is 40.2. The van der Waals surface area contributed by atoms with Crippen molar-refractivity contribution in [3.63, 3.8) is 0 Å². The molecule has 4 aromatic heterocycles. The number of piperidine rings is 1. The van der Waals surface area contributed by atoms with Crippen LogP contribution in [0.15, 0.2) is 114 Å². The van der Waals surface area contributed by atoms with E-state index in [0.717, 1.165) is 55.9 Å². The normalized spacial score (nSPS) is 17.7. The lowest BCUT2D eigenvalue weighted by Crippen LogP contribution is -2.46. The monoisotopic (exact) mass is 902 g/mol. The molecule has 0 bridgehead atoms. The molecular weight excluding hydrogens is 845 g/mol. The maximum Gasteiger partial charge on any atom is 0.254 e. The van der Waals surface area contributed by atoms with Gasteiger partial charge >= 0.3 is 0 Å². The number of nitrogens with one attached hydrogen (secondary N) is 2. The molecule has 16 nitrogen and oxygen atoms in total. The number of rotatable bonds is 11. The predicted molar refractivity (Wildman–Crippen MR) is 241 cm³/mol. The average molecular weight is 903 g/mol. The molecule has 0 saturated carbocycles. The molecule has 9 rings (SSSR count). The summed E-state index contributed by atoms with van der Waals surface area (Å²) in [6.07, 6.45) is 15.6. The van der Waals surface area contributed by atoms with Crippen molar-refractivity contribution in [1.82, 2.24) is 39.3 Å². The Bertz CT molecular complexity index is 2700. The van der Waals surface area contributed by atoms with Gasteiger partial charge in [0.1, 0.15) is 5.65 Å². The van der Waals surface area contributed by atoms with Crippen LogP contribution in [0.2, 0.25) is 0 Å². The lowest BCUT2D eigenvalue weighted by Gasteiger charge is -2.39. The number of hydrogen-bond donors (Lipinski definition) is 2. The van der Waals surface area contributed by atoms with Gasteiger partial charge in [0.25, 0.3) is 11.8 Å². The Morgan fingerprint density at radius 3 is 1.83 bits per heavy atom. The SMILES string of the molecule is CC.O=C(NCc1ccc(S(=O)(=O)C2CCN(C3CCOCC3)CC2)cc1)c1cnc2nccn2c1.O=C(NCc1ccc(S(=O)(=O)[C@H]2CCOC2)cc1)c1ccc2nccn2c1.[HH].[HH]. The number of benzene rings is 2. The van der Waals surface area contributed by atoms with Gasteiger partial charge in [-0.2, -0.15) is 0 Å². The molecule has 18 heteroatoms. The lowest BCUT2D eigenvalue weighted by atomic mass is 10.0. The van der Waals surface area contributed by atoms with Crippen LogP contribution in [0.3, 0.4) is 0 Å². The zero-order valence-corrected chi connectivity index (χ0v) is 37.1. The molecule has 0 radical (unpaired) electrons. The van der Waals surface area contributed by atoms with Gasteiger partial charge in [0.05, 0.1) is 38.0 Å². The number of aromatic nitrogens is 5. The number of carbonyl (C=O) groups excluding carboxylic acids is 2. The van der Waals surface area contributed by atoms with Crippen molar-refractivity contribution in [3.8, 4) is 0 Å². The molecule has 6 aromatic rings. The fourth-order valence-corrected chi connectivity index (χ4v) is 11.2. The maximum atomic E-state index is 13.2. The summed E-state index contributed by atoms with van der Waals surface area (Å²) in [5.74, 6) is 0.0732. The number of hydrogen-bond acceptors (Lipinski definition) is 12. The van der Waals surface area contributed by atoms with Crippen LogP contribution in [-0.2, 0) is 42.2 Å². The highest BCUT2D eigenvalue weighted by molar-refractivity contribution is 7.92. The van der Waals surface area contributed by atoms with E-state index in [1.54, 1.807) is 107 Å². The Morgan fingerprint density at radius 2 is 1.21 bits per heavy atom. The summed E-state index contributed by atoms with van der Waals surface area (Å²) in [5, 5.41) is 4.88. The van der Waals surface area contributed by atoms with Gasteiger partial charge in [-0.1, -0.05) is 38.1 Å². The van der Waals surface area contributed by atoms with Crippen molar-refractivity contribution >= 4 is 42.9 Å². The van der Waals surface area contributed by atoms with Crippen LogP contribution >= 0.6 is 0 Å². The van der Waals surface area contributed by atoms with E-state index in [-0.39, 0.29) is 26.5 Å². The summed E-state index contributed by atoms with van der Waals surface area (Å²) < 4.78 is 65.5. The predicted octanol–water partition coefficient (Wildman–Crippen LogP) is 5.42. The van der Waals surface area contributed by atoms with Gasteiger partial charge in [-0.25, -0.2) is 31.8 Å². The molecule has 2 aromatic carbocycles. The second-order valence-electron chi connectivity index (χ2n) is 15.4. The first-order valence-corrected chi connectivity index (χ1v) is 24.5. The van der Waals surface area contributed by atoms with Gasteiger partial charge in [0.15, 0.2) is 19.7 Å². The first-order chi connectivity index (χ1) is 30.5. The molecule has 2 N–H and O–H groups in total. The van der Waals surface area contributed by atoms with Crippen LogP contribution in [0.5, 0.6) is 0 Å². The number of fused-ring (bicyclic) bond motifs is 2. The third kappa shape index (κ3) is 11.0. The second-order valence-corrected chi connectivity index (χ2v) is 19.9. The van der Waals surface area contributed by atoms with Crippen LogP contribution in [0.1, 0.15) is 80.6 Å². The minimum Gasteiger partial charge on any atom is -0.381 e. The Hall–Kier alpha value is -5.53. The first-order valence-electron chi connectivity index (χ1n) is 21.4. The molecule has 0 spiro atoms. The molecule has 3 aliphatic heterocycles. The van der Waals surface area contributed by atoms with E-state index < -0.39 is 24.9 Å². The highest BCUT2D eigenvalue weighted by Gasteiger charge is 2.34. The van der Waals surface area contributed by atoms with Crippen LogP contribution in [0.4, 0.5) is 0 Å². The zero-order valence-electron chi connectivity index (χ0n) is 35.5. The summed E-state index contributed by atoms with van der Waals surface area (Å²) in [7, 11) is -6.74. The molecule has 1 atom stereocenters. The third-order valence-corrected chi connectivity index (χ3v) is 16.0. The molecule has 3 aliphatic rings. The minimum absolute atomic E-state index is 0. The van der Waals surface area contributed by atoms with Gasteiger partial charge in [-0.15, -0.1) is 0 Å². The highest BCUT2D eigenvalue weighted by atomic mass is 32.2. The summed E-state index contributed by atoms with van der Waals surface area (Å²) >= 11 is 0. The van der Waals surface area contributed by atoms with E-state index in [9.17, 15) is 26.4 Å². The van der Waals surface area contributed by atoms with Gasteiger partial charge in [-0.3, -0.25) is 14.0 Å². The molecule has 3 fully saturated rings. The van der Waals surface area contributed by atoms with Crippen LogP contribution in [-0.4, -0.2) is 113 Å². The maximum absolute atomic E-state index is 13.2. The molecule has 0 aliphatic carbocycles. The molecule has 7 heterocycles. The van der Waals surface area contributed by atoms with Crippen molar-refractivity contribution in [2.24, 2.45) is 0 Å². The van der Waals surface area contributed by atoms with Gasteiger partial charge < -0.3 is 29.4 Å². The van der Waals surface area contributed by atoms with E-state index >= 15 is 0 Å². The number of imidazole rings is 2. The van der Waals surface area contributed by atoms with Crippen molar-refractivity contribution in [2.45, 2.75) is 85.4 Å². The van der Waals surface area contributed by atoms with Gasteiger partial charge in [0.2, 0.25) is 5.78 Å². The topological polar surface area (TPSA) is 196 Å².